The van der Waals surface area contributed by atoms with Crippen molar-refractivity contribution < 1.29 is 52.6 Å². The van der Waals surface area contributed by atoms with Crippen LogP contribution in [-0.4, -0.2) is 32.0 Å². The van der Waals surface area contributed by atoms with Gasteiger partial charge in [-0.3, -0.25) is 10.2 Å². The van der Waals surface area contributed by atoms with Gasteiger partial charge in [0.2, 0.25) is 11.6 Å². The molecule has 0 atom stereocenters. The topological polar surface area (TPSA) is 161 Å². The van der Waals surface area contributed by atoms with Gasteiger partial charge in [-0.1, -0.05) is 11.8 Å². The SMILES string of the molecule is [C-]#[N+]c1cc(S(C)(=O)=O)ccc1N=Nc1nc(NC(C)=O)c([O-])cc1COC=N.[Na+]. The minimum atomic E-state index is -3.50. The quantitative estimate of drug-likeness (QED) is 0.197. The van der Waals surface area contributed by atoms with Crippen LogP contribution >= 0.6 is 0 Å². The molecule has 150 valence electrons. The normalized spacial score (nSPS) is 10.7. The summed E-state index contributed by atoms with van der Waals surface area (Å²) >= 11 is 0. The van der Waals surface area contributed by atoms with Crippen molar-refractivity contribution in [1.29, 1.82) is 5.41 Å². The van der Waals surface area contributed by atoms with Gasteiger partial charge in [-0.05, 0) is 18.2 Å². The molecule has 2 N–H and O–H groups in total. The zero-order chi connectivity index (χ0) is 21.6. The number of carbonyl (C=O) groups excluding carboxylic acids is 1. The molecule has 0 aliphatic carbocycles. The number of amides is 1. The van der Waals surface area contributed by atoms with E-state index in [1.54, 1.807) is 0 Å². The van der Waals surface area contributed by atoms with E-state index in [2.05, 4.69) is 25.4 Å². The van der Waals surface area contributed by atoms with Crippen molar-refractivity contribution >= 4 is 45.2 Å². The van der Waals surface area contributed by atoms with Crippen molar-refractivity contribution in [1.82, 2.24) is 4.98 Å². The van der Waals surface area contributed by atoms with Crippen LogP contribution in [0.25, 0.3) is 4.85 Å². The summed E-state index contributed by atoms with van der Waals surface area (Å²) in [6.45, 7) is 8.24. The number of ether oxygens (including phenoxy) is 1. The fraction of sp³-hybridized carbons (Fsp3) is 0.176. The number of nitrogens with zero attached hydrogens (tertiary/aromatic N) is 4. The molecule has 1 aromatic heterocycles. The fourth-order valence-electron chi connectivity index (χ4n) is 2.11. The van der Waals surface area contributed by atoms with Gasteiger partial charge in [0, 0.05) is 18.7 Å². The number of hydrogen-bond donors (Lipinski definition) is 2. The molecule has 1 heterocycles. The third-order valence-corrected chi connectivity index (χ3v) is 4.52. The number of rotatable bonds is 7. The molecule has 2 rings (SSSR count). The van der Waals surface area contributed by atoms with Crippen LogP contribution in [0.5, 0.6) is 5.75 Å². The van der Waals surface area contributed by atoms with Crippen LogP contribution in [0.4, 0.5) is 23.0 Å². The van der Waals surface area contributed by atoms with Crippen molar-refractivity contribution in [2.45, 2.75) is 18.4 Å². The molecule has 1 aromatic carbocycles. The van der Waals surface area contributed by atoms with E-state index < -0.39 is 21.5 Å². The first-order valence-electron chi connectivity index (χ1n) is 7.88. The zero-order valence-corrected chi connectivity index (χ0v) is 19.1. The molecule has 0 radical (unpaired) electrons. The Bertz CT molecular complexity index is 1140. The molecule has 2 aromatic rings. The summed E-state index contributed by atoms with van der Waals surface area (Å²) in [7, 11) is -3.50. The molecular weight excluding hydrogens is 423 g/mol. The molecular formula is C17H15N6NaO5S. The average Bonchev–Trinajstić information content (AvgIpc) is 2.65. The maximum absolute atomic E-state index is 12.0. The number of azo groups is 1. The predicted molar refractivity (Wildman–Crippen MR) is 102 cm³/mol. The van der Waals surface area contributed by atoms with Crippen molar-refractivity contribution in [3.8, 4) is 5.75 Å². The standard InChI is InChI=1S/C17H16N6O5S.Na/c1-10(24)20-17-15(25)6-11(8-28-9-18)16(21-17)23-22-13-5-4-12(29(3,26)27)7-14(13)19-2;/h4-7,9,18,25H,8H2,1,3H3,(H,20,21,24);/q;+1/p-1. The fourth-order valence-corrected chi connectivity index (χ4v) is 2.75. The summed E-state index contributed by atoms with van der Waals surface area (Å²) in [5, 5.41) is 29.1. The summed E-state index contributed by atoms with van der Waals surface area (Å²) in [5.41, 5.74) is 0.241. The van der Waals surface area contributed by atoms with Crippen LogP contribution in [0.15, 0.2) is 39.4 Å². The van der Waals surface area contributed by atoms with Gasteiger partial charge in [-0.15, -0.1) is 5.11 Å². The predicted octanol–water partition coefficient (Wildman–Crippen LogP) is -0.389. The Hall–Kier alpha value is -2.85. The van der Waals surface area contributed by atoms with Gasteiger partial charge in [-0.2, -0.15) is 5.11 Å². The molecule has 0 unspecified atom stereocenters. The molecule has 30 heavy (non-hydrogen) atoms. The Morgan fingerprint density at radius 3 is 2.67 bits per heavy atom. The molecule has 0 fully saturated rings. The van der Waals surface area contributed by atoms with Crippen molar-refractivity contribution in [2.24, 2.45) is 10.2 Å². The van der Waals surface area contributed by atoms with E-state index in [4.69, 9.17) is 16.7 Å². The second kappa shape index (κ2) is 10.8. The summed E-state index contributed by atoms with van der Waals surface area (Å²) in [4.78, 5) is 18.4. The Balaban J connectivity index is 0.00000450. The number of nitrogens with one attached hydrogen (secondary N) is 2. The monoisotopic (exact) mass is 438 g/mol. The van der Waals surface area contributed by atoms with Gasteiger partial charge in [0.15, 0.2) is 22.1 Å². The van der Waals surface area contributed by atoms with Crippen LogP contribution in [0.1, 0.15) is 12.5 Å². The average molecular weight is 438 g/mol. The summed E-state index contributed by atoms with van der Waals surface area (Å²) < 4.78 is 28.1. The van der Waals surface area contributed by atoms with Crippen LogP contribution in [0.2, 0.25) is 0 Å². The summed E-state index contributed by atoms with van der Waals surface area (Å²) in [6.07, 6.45) is 1.69. The van der Waals surface area contributed by atoms with Crippen molar-refractivity contribution in [3.63, 3.8) is 0 Å². The molecule has 11 nitrogen and oxygen atoms in total. The number of benzene rings is 1. The van der Waals surface area contributed by atoms with Crippen molar-refractivity contribution in [3.05, 3.63) is 41.2 Å². The van der Waals surface area contributed by atoms with Gasteiger partial charge in [-0.25, -0.2) is 18.2 Å². The number of hydrogen-bond acceptors (Lipinski definition) is 9. The van der Waals surface area contributed by atoms with Gasteiger partial charge >= 0.3 is 29.6 Å². The molecule has 0 bridgehead atoms. The molecule has 0 spiro atoms. The molecule has 1 amide bonds. The van der Waals surface area contributed by atoms with Gasteiger partial charge in [0.1, 0.15) is 12.4 Å². The van der Waals surface area contributed by atoms with Crippen LogP contribution in [0.3, 0.4) is 0 Å². The Morgan fingerprint density at radius 2 is 2.10 bits per heavy atom. The first-order valence-corrected chi connectivity index (χ1v) is 9.77. The van der Waals surface area contributed by atoms with E-state index in [9.17, 15) is 18.3 Å². The van der Waals surface area contributed by atoms with Crippen LogP contribution in [0, 0.1) is 12.0 Å². The van der Waals surface area contributed by atoms with E-state index >= 15 is 0 Å². The first-order chi connectivity index (χ1) is 13.7. The minimum Gasteiger partial charge on any atom is -0.870 e. The molecule has 0 saturated carbocycles. The minimum absolute atomic E-state index is 0. The maximum Gasteiger partial charge on any atom is 1.00 e. The molecule has 13 heteroatoms. The van der Waals surface area contributed by atoms with Gasteiger partial charge in [0.05, 0.1) is 17.2 Å². The third-order valence-electron chi connectivity index (χ3n) is 3.41. The summed E-state index contributed by atoms with van der Waals surface area (Å²) in [5.74, 6) is -1.42. The second-order valence-electron chi connectivity index (χ2n) is 5.66. The van der Waals surface area contributed by atoms with E-state index in [-0.39, 0.29) is 69.6 Å². The molecule has 0 saturated heterocycles. The number of sulfone groups is 1. The van der Waals surface area contributed by atoms with E-state index in [1.807, 2.05) is 0 Å². The largest absolute Gasteiger partial charge is 1.00 e. The van der Waals surface area contributed by atoms with E-state index in [0.717, 1.165) is 12.3 Å². The van der Waals surface area contributed by atoms with Gasteiger partial charge in [0.25, 0.3) is 0 Å². The number of pyridine rings is 1. The van der Waals surface area contributed by atoms with Gasteiger partial charge < -0.3 is 15.2 Å². The number of anilines is 1. The Morgan fingerprint density at radius 1 is 1.40 bits per heavy atom. The summed E-state index contributed by atoms with van der Waals surface area (Å²) in [6, 6.07) is 4.91. The smallest absolute Gasteiger partial charge is 0.870 e. The van der Waals surface area contributed by atoms with E-state index in [0.29, 0.717) is 6.40 Å². The van der Waals surface area contributed by atoms with Crippen molar-refractivity contribution in [2.75, 3.05) is 11.6 Å². The number of aromatic nitrogens is 1. The first kappa shape index (κ1) is 25.2. The second-order valence-corrected chi connectivity index (χ2v) is 7.68. The maximum atomic E-state index is 12.0. The number of carbonyl (C=O) groups is 1. The Kier molecular flexibility index (Phi) is 9.06. The van der Waals surface area contributed by atoms with E-state index in [1.165, 1.54) is 25.1 Å². The zero-order valence-electron chi connectivity index (χ0n) is 16.3. The molecule has 0 aliphatic rings. The Labute approximate surface area is 194 Å². The molecule has 0 aliphatic heterocycles. The van der Waals surface area contributed by atoms with Crippen LogP contribution < -0.4 is 40.0 Å². The van der Waals surface area contributed by atoms with Crippen LogP contribution in [-0.2, 0) is 26.0 Å². The third kappa shape index (κ3) is 6.60.